The van der Waals surface area contributed by atoms with Crippen molar-refractivity contribution in [1.29, 1.82) is 0 Å². The van der Waals surface area contributed by atoms with Crippen LogP contribution in [0.5, 0.6) is 11.5 Å². The average Bonchev–Trinajstić information content (AvgIpc) is 1.96. The van der Waals surface area contributed by atoms with Gasteiger partial charge >= 0.3 is 5.97 Å². The van der Waals surface area contributed by atoms with Gasteiger partial charge in [0.15, 0.2) is 11.5 Å². The summed E-state index contributed by atoms with van der Waals surface area (Å²) in [6.45, 7) is 0. The Balaban J connectivity index is 3.33. The smallest absolute Gasteiger partial charge is 0.336 e. The van der Waals surface area contributed by atoms with Crippen molar-refractivity contribution in [3.8, 4) is 11.5 Å². The van der Waals surface area contributed by atoms with Crippen molar-refractivity contribution in [1.82, 2.24) is 0 Å². The van der Waals surface area contributed by atoms with Gasteiger partial charge in [0.2, 0.25) is 0 Å². The molecular formula is C7H5BrO4. The van der Waals surface area contributed by atoms with Crippen molar-refractivity contribution in [3.05, 3.63) is 22.2 Å². The molecule has 0 aliphatic rings. The van der Waals surface area contributed by atoms with Crippen LogP contribution < -0.4 is 0 Å². The first kappa shape index (κ1) is 8.86. The monoisotopic (exact) mass is 232 g/mol. The molecule has 1 aromatic rings. The average molecular weight is 233 g/mol. The lowest BCUT2D eigenvalue weighted by atomic mass is 10.2. The summed E-state index contributed by atoms with van der Waals surface area (Å²) in [5.74, 6) is -1.97. The standard InChI is InChI=1S/C7H5BrO4/c8-4-2-6(10)5(9)1-3(4)7(11)12/h1-2,9-10H,(H,11,12). The summed E-state index contributed by atoms with van der Waals surface area (Å²) in [4.78, 5) is 10.5. The molecule has 64 valence electrons. The number of rotatable bonds is 1. The van der Waals surface area contributed by atoms with E-state index < -0.39 is 11.7 Å². The Morgan fingerprint density at radius 3 is 2.25 bits per heavy atom. The molecule has 0 atom stereocenters. The van der Waals surface area contributed by atoms with Gasteiger partial charge < -0.3 is 15.3 Å². The van der Waals surface area contributed by atoms with Crippen LogP contribution in [-0.4, -0.2) is 21.3 Å². The summed E-state index contributed by atoms with van der Waals surface area (Å²) in [7, 11) is 0. The van der Waals surface area contributed by atoms with Gasteiger partial charge in [-0.1, -0.05) is 0 Å². The number of hydrogen-bond donors (Lipinski definition) is 3. The fraction of sp³-hybridized carbons (Fsp3) is 0. The van der Waals surface area contributed by atoms with Gasteiger partial charge in [-0.3, -0.25) is 0 Å². The van der Waals surface area contributed by atoms with Crippen molar-refractivity contribution < 1.29 is 20.1 Å². The Labute approximate surface area is 76.2 Å². The molecule has 0 aromatic heterocycles. The maximum Gasteiger partial charge on any atom is 0.336 e. The van der Waals surface area contributed by atoms with E-state index in [1.165, 1.54) is 0 Å². The number of carboxylic acids is 1. The third kappa shape index (κ3) is 1.50. The zero-order valence-corrected chi connectivity index (χ0v) is 7.37. The molecule has 0 heterocycles. The maximum absolute atomic E-state index is 10.5. The first-order valence-electron chi connectivity index (χ1n) is 2.97. The van der Waals surface area contributed by atoms with Crippen molar-refractivity contribution >= 4 is 21.9 Å². The van der Waals surface area contributed by atoms with E-state index in [9.17, 15) is 4.79 Å². The van der Waals surface area contributed by atoms with Crippen LogP contribution in [0.2, 0.25) is 0 Å². The molecule has 0 aliphatic carbocycles. The predicted octanol–water partition coefficient (Wildman–Crippen LogP) is 1.56. The normalized spacial score (nSPS) is 9.75. The molecule has 5 heteroatoms. The number of hydrogen-bond acceptors (Lipinski definition) is 3. The lowest BCUT2D eigenvalue weighted by Gasteiger charge is -2.01. The van der Waals surface area contributed by atoms with Crippen LogP contribution in [0.4, 0.5) is 0 Å². The van der Waals surface area contributed by atoms with Gasteiger partial charge in [-0.15, -0.1) is 0 Å². The molecule has 3 N–H and O–H groups in total. The van der Waals surface area contributed by atoms with Crippen LogP contribution in [0.1, 0.15) is 10.4 Å². The van der Waals surface area contributed by atoms with Gasteiger partial charge in [-0.2, -0.15) is 0 Å². The van der Waals surface area contributed by atoms with Gasteiger partial charge in [-0.25, -0.2) is 4.79 Å². The Hall–Kier alpha value is -1.23. The van der Waals surface area contributed by atoms with Crippen molar-refractivity contribution in [2.75, 3.05) is 0 Å². The van der Waals surface area contributed by atoms with Crippen LogP contribution in [-0.2, 0) is 0 Å². The third-order valence-electron chi connectivity index (χ3n) is 1.29. The Bertz CT molecular complexity index is 334. The van der Waals surface area contributed by atoms with Crippen molar-refractivity contribution in [2.45, 2.75) is 0 Å². The molecule has 0 spiro atoms. The molecule has 0 aliphatic heterocycles. The van der Waals surface area contributed by atoms with Gasteiger partial charge in [0.05, 0.1) is 5.56 Å². The predicted molar refractivity (Wildman–Crippen MR) is 44.4 cm³/mol. The highest BCUT2D eigenvalue weighted by atomic mass is 79.9. The summed E-state index contributed by atoms with van der Waals surface area (Å²) in [5.41, 5.74) is -0.0923. The Kier molecular flexibility index (Phi) is 2.23. The number of benzene rings is 1. The molecule has 0 saturated heterocycles. The van der Waals surface area contributed by atoms with E-state index >= 15 is 0 Å². The number of aromatic hydroxyl groups is 2. The highest BCUT2D eigenvalue weighted by molar-refractivity contribution is 9.10. The lowest BCUT2D eigenvalue weighted by molar-refractivity contribution is 0.0695. The van der Waals surface area contributed by atoms with E-state index in [0.29, 0.717) is 0 Å². The van der Waals surface area contributed by atoms with Gasteiger partial charge in [0.1, 0.15) is 0 Å². The largest absolute Gasteiger partial charge is 0.504 e. The maximum atomic E-state index is 10.5. The summed E-state index contributed by atoms with van der Waals surface area (Å²) in [6.07, 6.45) is 0. The second-order valence-corrected chi connectivity index (χ2v) is 2.98. The van der Waals surface area contributed by atoms with Crippen LogP contribution in [0.15, 0.2) is 16.6 Å². The highest BCUT2D eigenvalue weighted by Crippen LogP contribution is 2.31. The van der Waals surface area contributed by atoms with Crippen molar-refractivity contribution in [2.24, 2.45) is 0 Å². The topological polar surface area (TPSA) is 77.8 Å². The van der Waals surface area contributed by atoms with Crippen molar-refractivity contribution in [3.63, 3.8) is 0 Å². The number of carboxylic acid groups (broad SMARTS) is 1. The third-order valence-corrected chi connectivity index (χ3v) is 1.95. The number of phenolic OH excluding ortho intramolecular Hbond substituents is 2. The highest BCUT2D eigenvalue weighted by Gasteiger charge is 2.11. The zero-order chi connectivity index (χ0) is 9.30. The van der Waals surface area contributed by atoms with E-state index in [0.717, 1.165) is 12.1 Å². The molecular weight excluding hydrogens is 228 g/mol. The van der Waals surface area contributed by atoms with Crippen LogP contribution in [0, 0.1) is 0 Å². The quantitative estimate of drug-likeness (QED) is 0.643. The first-order chi connectivity index (χ1) is 5.52. The van der Waals surface area contributed by atoms with E-state index in [-0.39, 0.29) is 15.8 Å². The molecule has 1 aromatic carbocycles. The second-order valence-electron chi connectivity index (χ2n) is 2.13. The number of aromatic carboxylic acids is 1. The zero-order valence-electron chi connectivity index (χ0n) is 5.78. The molecule has 1 rings (SSSR count). The van der Waals surface area contributed by atoms with Gasteiger partial charge in [0.25, 0.3) is 0 Å². The van der Waals surface area contributed by atoms with E-state index in [1.807, 2.05) is 0 Å². The van der Waals surface area contributed by atoms with Crippen LogP contribution >= 0.6 is 15.9 Å². The second kappa shape index (κ2) is 3.02. The Morgan fingerprint density at radius 2 is 1.75 bits per heavy atom. The number of halogens is 1. The molecule has 0 bridgehead atoms. The molecule has 0 fully saturated rings. The van der Waals surface area contributed by atoms with Gasteiger partial charge in [-0.05, 0) is 28.1 Å². The van der Waals surface area contributed by atoms with E-state index in [4.69, 9.17) is 15.3 Å². The minimum atomic E-state index is -1.17. The minimum absolute atomic E-state index is 0.0923. The van der Waals surface area contributed by atoms with Crippen LogP contribution in [0.25, 0.3) is 0 Å². The number of carbonyl (C=O) groups is 1. The summed E-state index contributed by atoms with van der Waals surface area (Å²) in [6, 6.07) is 2.10. The molecule has 0 radical (unpaired) electrons. The fourth-order valence-electron chi connectivity index (χ4n) is 0.715. The molecule has 0 amide bonds. The van der Waals surface area contributed by atoms with Crippen LogP contribution in [0.3, 0.4) is 0 Å². The first-order valence-corrected chi connectivity index (χ1v) is 3.76. The molecule has 0 unspecified atom stereocenters. The fourth-order valence-corrected chi connectivity index (χ4v) is 1.22. The molecule has 12 heavy (non-hydrogen) atoms. The Morgan fingerprint density at radius 1 is 1.25 bits per heavy atom. The molecule has 0 saturated carbocycles. The van der Waals surface area contributed by atoms with E-state index in [2.05, 4.69) is 15.9 Å². The van der Waals surface area contributed by atoms with Gasteiger partial charge in [0, 0.05) is 4.47 Å². The lowest BCUT2D eigenvalue weighted by Crippen LogP contribution is -1.96. The SMILES string of the molecule is O=C(O)c1cc(O)c(O)cc1Br. The minimum Gasteiger partial charge on any atom is -0.504 e. The van der Waals surface area contributed by atoms with E-state index in [1.54, 1.807) is 0 Å². The number of phenols is 2. The molecule has 4 nitrogen and oxygen atoms in total. The summed E-state index contributed by atoms with van der Waals surface area (Å²) in [5, 5.41) is 26.4. The summed E-state index contributed by atoms with van der Waals surface area (Å²) < 4.78 is 0.227. The summed E-state index contributed by atoms with van der Waals surface area (Å²) >= 11 is 2.93.